The second kappa shape index (κ2) is 5.06. The molecule has 4 aliphatic carbocycles. The van der Waals surface area contributed by atoms with Crippen molar-refractivity contribution in [3.05, 3.63) is 0 Å². The lowest BCUT2D eigenvalue weighted by molar-refractivity contribution is -0.135. The summed E-state index contributed by atoms with van der Waals surface area (Å²) < 4.78 is 0. The van der Waals surface area contributed by atoms with Crippen molar-refractivity contribution in [2.24, 2.45) is 35.0 Å². The molecular weight excluding hydrogens is 272 g/mol. The predicted octanol–water partition coefficient (Wildman–Crippen LogP) is 4.35. The minimum absolute atomic E-state index is 0.0207. The molecule has 1 N–H and O–H groups in total. The molecule has 0 aromatic heterocycles. The number of hydrogen-bond donors (Lipinski definition) is 1. The van der Waals surface area contributed by atoms with E-state index in [-0.39, 0.29) is 11.0 Å². The van der Waals surface area contributed by atoms with Crippen LogP contribution in [-0.2, 0) is 4.79 Å². The van der Waals surface area contributed by atoms with Crippen LogP contribution in [0.15, 0.2) is 0 Å². The van der Waals surface area contributed by atoms with Gasteiger partial charge in [0.05, 0.1) is 5.60 Å². The monoisotopic (exact) mass is 304 g/mol. The van der Waals surface area contributed by atoms with Crippen LogP contribution >= 0.6 is 0 Å². The summed E-state index contributed by atoms with van der Waals surface area (Å²) in [6, 6.07) is 0. The van der Waals surface area contributed by atoms with Crippen LogP contribution in [0.5, 0.6) is 0 Å². The van der Waals surface area contributed by atoms with Crippen molar-refractivity contribution in [2.45, 2.75) is 83.7 Å². The lowest BCUT2D eigenvalue weighted by atomic mass is 9.49. The molecule has 0 aliphatic heterocycles. The van der Waals surface area contributed by atoms with Crippen molar-refractivity contribution in [1.29, 1.82) is 0 Å². The molecule has 2 nitrogen and oxygen atoms in total. The van der Waals surface area contributed by atoms with E-state index < -0.39 is 0 Å². The normalized spacial score (nSPS) is 54.5. The molecule has 4 saturated carbocycles. The minimum Gasteiger partial charge on any atom is -0.390 e. The molecule has 0 unspecified atom stereocenters. The maximum atomic E-state index is 12.4. The van der Waals surface area contributed by atoms with Crippen molar-refractivity contribution >= 4 is 5.78 Å². The molecule has 2 heteroatoms. The first-order chi connectivity index (χ1) is 10.5. The molecule has 0 radical (unpaired) electrons. The van der Waals surface area contributed by atoms with E-state index in [1.165, 1.54) is 25.7 Å². The highest BCUT2D eigenvalue weighted by molar-refractivity contribution is 5.87. The van der Waals surface area contributed by atoms with Gasteiger partial charge in [-0.2, -0.15) is 0 Å². The smallest absolute Gasteiger partial charge is 0.139 e. The summed E-state index contributed by atoms with van der Waals surface area (Å²) >= 11 is 0. The quantitative estimate of drug-likeness (QED) is 0.782. The van der Waals surface area contributed by atoms with Crippen LogP contribution in [0.25, 0.3) is 0 Å². The molecule has 0 spiro atoms. The van der Waals surface area contributed by atoms with E-state index in [1.54, 1.807) is 0 Å². The van der Waals surface area contributed by atoms with Gasteiger partial charge in [-0.1, -0.05) is 13.8 Å². The number of carbonyl (C=O) groups excluding carboxylic acids is 1. The third-order valence-corrected chi connectivity index (χ3v) is 8.47. The average Bonchev–Trinajstić information content (AvgIpc) is 2.82. The van der Waals surface area contributed by atoms with Crippen LogP contribution in [0.2, 0.25) is 0 Å². The van der Waals surface area contributed by atoms with Gasteiger partial charge in [-0.25, -0.2) is 0 Å². The van der Waals surface area contributed by atoms with Gasteiger partial charge in [0, 0.05) is 11.8 Å². The number of fused-ring (bicyclic) bond motifs is 5. The van der Waals surface area contributed by atoms with Crippen LogP contribution in [0.1, 0.15) is 78.1 Å². The summed E-state index contributed by atoms with van der Waals surface area (Å²) in [5, 5.41) is 10.7. The summed E-state index contributed by atoms with van der Waals surface area (Å²) in [6.45, 7) is 4.41. The molecule has 4 rings (SSSR count). The van der Waals surface area contributed by atoms with Crippen LogP contribution < -0.4 is 0 Å². The zero-order chi connectivity index (χ0) is 15.5. The van der Waals surface area contributed by atoms with Crippen LogP contribution in [-0.4, -0.2) is 16.5 Å². The molecule has 0 aromatic carbocycles. The summed E-state index contributed by atoms with van der Waals surface area (Å²) in [6.07, 6.45) is 11.2. The van der Waals surface area contributed by atoms with E-state index in [0.29, 0.717) is 11.7 Å². The Morgan fingerprint density at radius 3 is 2.59 bits per heavy atom. The number of hydrogen-bond acceptors (Lipinski definition) is 2. The van der Waals surface area contributed by atoms with Crippen molar-refractivity contribution in [2.75, 3.05) is 0 Å². The highest BCUT2D eigenvalue weighted by Crippen LogP contribution is 2.62. The standard InChI is InChI=1S/C20H32O2/c1-3-20(22)11-9-14-13(12-20)4-5-16-15(14)8-10-19(2)17(16)6-7-18(19)21/h13-17,22H,3-12H2,1-2H3/t13-,14-,15+,16+,17-,19-,20-/m0/s1. The molecule has 124 valence electrons. The number of aliphatic hydroxyl groups is 1. The second-order valence-corrected chi connectivity index (χ2v) is 9.17. The molecule has 7 atom stereocenters. The van der Waals surface area contributed by atoms with Gasteiger partial charge in [0.15, 0.2) is 0 Å². The fraction of sp³-hybridized carbons (Fsp3) is 0.950. The SMILES string of the molecule is CC[C@]1(O)CC[C@H]2[C@@H](CC[C@@H]3[C@@H]2CC[C@]2(C)C(=O)CC[C@@H]32)C1. The first-order valence-corrected chi connectivity index (χ1v) is 9.72. The van der Waals surface area contributed by atoms with Gasteiger partial charge in [0.25, 0.3) is 0 Å². The molecule has 0 bridgehead atoms. The first-order valence-electron chi connectivity index (χ1n) is 9.72. The van der Waals surface area contributed by atoms with Crippen molar-refractivity contribution in [1.82, 2.24) is 0 Å². The zero-order valence-corrected chi connectivity index (χ0v) is 14.3. The molecular formula is C20H32O2. The van der Waals surface area contributed by atoms with E-state index in [2.05, 4.69) is 13.8 Å². The summed E-state index contributed by atoms with van der Waals surface area (Å²) in [4.78, 5) is 12.4. The summed E-state index contributed by atoms with van der Waals surface area (Å²) in [5.41, 5.74) is -0.354. The third-order valence-electron chi connectivity index (χ3n) is 8.47. The summed E-state index contributed by atoms with van der Waals surface area (Å²) in [7, 11) is 0. The second-order valence-electron chi connectivity index (χ2n) is 9.17. The van der Waals surface area contributed by atoms with Crippen LogP contribution in [0, 0.1) is 35.0 Å². The predicted molar refractivity (Wildman–Crippen MR) is 87.4 cm³/mol. The van der Waals surface area contributed by atoms with Crippen LogP contribution in [0.4, 0.5) is 0 Å². The van der Waals surface area contributed by atoms with Crippen molar-refractivity contribution in [3.63, 3.8) is 0 Å². The maximum absolute atomic E-state index is 12.4. The highest BCUT2D eigenvalue weighted by atomic mass is 16.3. The van der Waals surface area contributed by atoms with Gasteiger partial charge in [-0.05, 0) is 87.4 Å². The first kappa shape index (κ1) is 15.2. The Balaban J connectivity index is 1.55. The Kier molecular flexibility index (Phi) is 3.49. The van der Waals surface area contributed by atoms with E-state index >= 15 is 0 Å². The number of carbonyl (C=O) groups is 1. The molecule has 0 amide bonds. The molecule has 4 fully saturated rings. The average molecular weight is 304 g/mol. The topological polar surface area (TPSA) is 37.3 Å². The minimum atomic E-state index is -0.374. The van der Waals surface area contributed by atoms with Gasteiger partial charge in [-0.3, -0.25) is 4.79 Å². The van der Waals surface area contributed by atoms with Gasteiger partial charge in [0.2, 0.25) is 0 Å². The third kappa shape index (κ3) is 2.05. The lowest BCUT2D eigenvalue weighted by Gasteiger charge is -2.56. The Morgan fingerprint density at radius 1 is 1.05 bits per heavy atom. The molecule has 22 heavy (non-hydrogen) atoms. The Labute approximate surface area is 135 Å². The molecule has 0 heterocycles. The van der Waals surface area contributed by atoms with Gasteiger partial charge in [0.1, 0.15) is 5.78 Å². The number of ketones is 1. The number of Topliss-reactive ketones (excluding diaryl/α,β-unsaturated/α-hetero) is 1. The van der Waals surface area contributed by atoms with Gasteiger partial charge in [-0.15, -0.1) is 0 Å². The van der Waals surface area contributed by atoms with Crippen molar-refractivity contribution < 1.29 is 9.90 Å². The Morgan fingerprint density at radius 2 is 1.82 bits per heavy atom. The van der Waals surface area contributed by atoms with E-state index in [9.17, 15) is 9.90 Å². The van der Waals surface area contributed by atoms with E-state index in [0.717, 1.165) is 62.2 Å². The van der Waals surface area contributed by atoms with Gasteiger partial charge < -0.3 is 5.11 Å². The lowest BCUT2D eigenvalue weighted by Crippen LogP contribution is -2.50. The van der Waals surface area contributed by atoms with E-state index in [1.807, 2.05) is 0 Å². The highest BCUT2D eigenvalue weighted by Gasteiger charge is 2.57. The Bertz CT molecular complexity index is 472. The fourth-order valence-corrected chi connectivity index (χ4v) is 7.05. The maximum Gasteiger partial charge on any atom is 0.139 e. The molecule has 0 aromatic rings. The van der Waals surface area contributed by atoms with E-state index in [4.69, 9.17) is 0 Å². The summed E-state index contributed by atoms with van der Waals surface area (Å²) in [5.74, 6) is 4.48. The molecule has 4 aliphatic rings. The van der Waals surface area contributed by atoms with Crippen LogP contribution in [0.3, 0.4) is 0 Å². The molecule has 0 saturated heterocycles. The Hall–Kier alpha value is -0.370. The van der Waals surface area contributed by atoms with Crippen molar-refractivity contribution in [3.8, 4) is 0 Å². The fourth-order valence-electron chi connectivity index (χ4n) is 7.05. The zero-order valence-electron chi connectivity index (χ0n) is 14.3. The largest absolute Gasteiger partial charge is 0.390 e. The van der Waals surface area contributed by atoms with Gasteiger partial charge >= 0.3 is 0 Å². The number of rotatable bonds is 1.